The van der Waals surface area contributed by atoms with Crippen LogP contribution >= 0.6 is 35.4 Å². The Kier molecular flexibility index (Phi) is 7.29. The van der Waals surface area contributed by atoms with Crippen molar-refractivity contribution in [1.29, 1.82) is 0 Å². The van der Waals surface area contributed by atoms with Crippen LogP contribution in [0.25, 0.3) is 0 Å². The molecule has 0 bridgehead atoms. The summed E-state index contributed by atoms with van der Waals surface area (Å²) in [5, 5.41) is 16.8. The van der Waals surface area contributed by atoms with Crippen molar-refractivity contribution in [1.82, 2.24) is 5.32 Å². The lowest BCUT2D eigenvalue weighted by Gasteiger charge is -2.19. The molecule has 2 aliphatic rings. The van der Waals surface area contributed by atoms with Gasteiger partial charge in [0.15, 0.2) is 0 Å². The van der Waals surface area contributed by atoms with E-state index in [1.807, 2.05) is 0 Å². The molecule has 6 nitrogen and oxygen atoms in total. The summed E-state index contributed by atoms with van der Waals surface area (Å²) in [6.07, 6.45) is 4.28. The number of anilines is 2. The van der Waals surface area contributed by atoms with Gasteiger partial charge in [-0.2, -0.15) is 0 Å². The van der Waals surface area contributed by atoms with Crippen LogP contribution in [0.15, 0.2) is 41.0 Å². The molecular formula is C20H21Cl2N3O3S. The summed E-state index contributed by atoms with van der Waals surface area (Å²) in [6, 6.07) is 5.31. The molecule has 1 aromatic rings. The molecule has 0 aromatic heterocycles. The second kappa shape index (κ2) is 9.71. The molecule has 1 atom stereocenters. The topological polar surface area (TPSA) is 81.7 Å². The number of carbonyl (C=O) groups is 2. The largest absolute Gasteiger partial charge is 0.389 e. The molecular weight excluding hydrogens is 433 g/mol. The zero-order chi connectivity index (χ0) is 21.0. The molecule has 0 radical (unpaired) electrons. The Morgan fingerprint density at radius 1 is 1.31 bits per heavy atom. The van der Waals surface area contributed by atoms with Crippen molar-refractivity contribution < 1.29 is 14.7 Å². The second-order valence-electron chi connectivity index (χ2n) is 6.83. The first-order valence-electron chi connectivity index (χ1n) is 9.25. The van der Waals surface area contributed by atoms with E-state index >= 15 is 0 Å². The minimum absolute atomic E-state index is 0.0568. The van der Waals surface area contributed by atoms with Gasteiger partial charge in [-0.05, 0) is 30.7 Å². The predicted molar refractivity (Wildman–Crippen MR) is 120 cm³/mol. The second-order valence-corrected chi connectivity index (χ2v) is 8.17. The number of carbonyl (C=O) groups excluding carboxylic acids is 2. The zero-order valence-electron chi connectivity index (χ0n) is 15.6. The fourth-order valence-electron chi connectivity index (χ4n) is 3.12. The number of benzene rings is 1. The van der Waals surface area contributed by atoms with Gasteiger partial charge in [0.25, 0.3) is 5.91 Å². The van der Waals surface area contributed by atoms with Crippen molar-refractivity contribution in [3.8, 4) is 0 Å². The Bertz CT molecular complexity index is 901. The van der Waals surface area contributed by atoms with E-state index in [1.165, 1.54) is 6.08 Å². The Morgan fingerprint density at radius 3 is 2.79 bits per heavy atom. The normalized spacial score (nSPS) is 17.7. The van der Waals surface area contributed by atoms with Gasteiger partial charge in [0.05, 0.1) is 22.4 Å². The highest BCUT2D eigenvalue weighted by molar-refractivity contribution is 7.81. The highest BCUT2D eigenvalue weighted by atomic mass is 35.5. The summed E-state index contributed by atoms with van der Waals surface area (Å²) < 4.78 is 0. The van der Waals surface area contributed by atoms with E-state index in [-0.39, 0.29) is 24.9 Å². The number of hydrogen-bond donors (Lipinski definition) is 3. The molecule has 1 saturated heterocycles. The number of aliphatic hydroxyl groups is 1. The molecule has 1 heterocycles. The van der Waals surface area contributed by atoms with E-state index in [4.69, 9.17) is 35.4 Å². The van der Waals surface area contributed by atoms with Gasteiger partial charge in [0, 0.05) is 48.1 Å². The van der Waals surface area contributed by atoms with Crippen LogP contribution in [0.1, 0.15) is 19.3 Å². The quantitative estimate of drug-likeness (QED) is 0.552. The molecule has 154 valence electrons. The minimum atomic E-state index is -0.818. The van der Waals surface area contributed by atoms with Crippen LogP contribution in [0, 0.1) is 0 Å². The summed E-state index contributed by atoms with van der Waals surface area (Å²) >= 11 is 17.4. The maximum atomic E-state index is 12.2. The third-order valence-corrected chi connectivity index (χ3v) is 5.61. The number of aliphatic hydroxyl groups excluding tert-OH is 1. The first-order chi connectivity index (χ1) is 13.8. The van der Waals surface area contributed by atoms with Crippen LogP contribution in [0.2, 0.25) is 5.02 Å². The maximum Gasteiger partial charge on any atom is 0.252 e. The first kappa shape index (κ1) is 21.8. The molecule has 1 unspecified atom stereocenters. The number of thiocarbonyl (C=S) groups is 1. The van der Waals surface area contributed by atoms with Gasteiger partial charge in [0.1, 0.15) is 0 Å². The zero-order valence-corrected chi connectivity index (χ0v) is 17.9. The fourth-order valence-corrected chi connectivity index (χ4v) is 3.83. The predicted octanol–water partition coefficient (Wildman–Crippen LogP) is 3.18. The van der Waals surface area contributed by atoms with E-state index < -0.39 is 6.10 Å². The van der Waals surface area contributed by atoms with E-state index in [0.717, 1.165) is 6.42 Å². The minimum Gasteiger partial charge on any atom is -0.389 e. The number of allylic oxidation sites excluding steroid dienone is 3. The summed E-state index contributed by atoms with van der Waals surface area (Å²) in [7, 11) is 0. The van der Waals surface area contributed by atoms with Gasteiger partial charge >= 0.3 is 0 Å². The van der Waals surface area contributed by atoms with Gasteiger partial charge in [-0.3, -0.25) is 9.59 Å². The molecule has 3 N–H and O–H groups in total. The van der Waals surface area contributed by atoms with Gasteiger partial charge in [-0.1, -0.05) is 41.5 Å². The van der Waals surface area contributed by atoms with Crippen LogP contribution < -0.4 is 15.5 Å². The van der Waals surface area contributed by atoms with Gasteiger partial charge < -0.3 is 20.6 Å². The van der Waals surface area contributed by atoms with E-state index in [0.29, 0.717) is 51.3 Å². The molecule has 1 aliphatic carbocycles. The van der Waals surface area contributed by atoms with Gasteiger partial charge in [-0.15, -0.1) is 0 Å². The number of rotatable bonds is 7. The fraction of sp³-hybridized carbons (Fsp3) is 0.350. The van der Waals surface area contributed by atoms with Crippen LogP contribution in [-0.2, 0) is 9.59 Å². The Labute approximate surface area is 184 Å². The Morgan fingerprint density at radius 2 is 2.10 bits per heavy atom. The van der Waals surface area contributed by atoms with Crippen molar-refractivity contribution in [2.45, 2.75) is 25.4 Å². The highest BCUT2D eigenvalue weighted by Gasteiger charge is 2.23. The lowest BCUT2D eigenvalue weighted by molar-refractivity contribution is -0.118. The van der Waals surface area contributed by atoms with Crippen molar-refractivity contribution in [2.24, 2.45) is 0 Å². The summed E-state index contributed by atoms with van der Waals surface area (Å²) in [5.74, 6) is -0.286. The van der Waals surface area contributed by atoms with Gasteiger partial charge in [0.2, 0.25) is 5.91 Å². The highest BCUT2D eigenvalue weighted by Crippen LogP contribution is 2.31. The Balaban J connectivity index is 1.49. The number of halogens is 2. The first-order valence-corrected chi connectivity index (χ1v) is 10.4. The van der Waals surface area contributed by atoms with Crippen LogP contribution in [0.3, 0.4) is 0 Å². The molecule has 1 aliphatic heterocycles. The molecule has 1 aromatic carbocycles. The molecule has 0 saturated carbocycles. The maximum absolute atomic E-state index is 12.2. The van der Waals surface area contributed by atoms with Crippen LogP contribution in [0.5, 0.6) is 0 Å². The van der Waals surface area contributed by atoms with E-state index in [9.17, 15) is 14.7 Å². The Hall–Kier alpha value is -1.93. The van der Waals surface area contributed by atoms with Crippen molar-refractivity contribution in [3.05, 3.63) is 46.0 Å². The van der Waals surface area contributed by atoms with E-state index in [2.05, 4.69) is 10.6 Å². The van der Waals surface area contributed by atoms with Crippen LogP contribution in [0.4, 0.5) is 11.4 Å². The number of nitrogens with zero attached hydrogens (tertiary/aromatic N) is 1. The third-order valence-electron chi connectivity index (χ3n) is 4.66. The lowest BCUT2D eigenvalue weighted by Crippen LogP contribution is -2.37. The third kappa shape index (κ3) is 5.57. The average Bonchev–Trinajstić information content (AvgIpc) is 3.12. The SMILES string of the molecule is O=C(NCC(O)CNc1ccc(N2CCCC2=O)c(Cl)c1)C1=CC(Cl)=CCC1=S. The van der Waals surface area contributed by atoms with Crippen LogP contribution in [-0.4, -0.2) is 47.5 Å². The van der Waals surface area contributed by atoms with Crippen molar-refractivity contribution >= 4 is 63.5 Å². The number of hydrogen-bond acceptors (Lipinski definition) is 5. The summed E-state index contributed by atoms with van der Waals surface area (Å²) in [5.41, 5.74) is 1.76. The molecule has 29 heavy (non-hydrogen) atoms. The lowest BCUT2D eigenvalue weighted by atomic mass is 10.0. The van der Waals surface area contributed by atoms with Crippen molar-refractivity contribution in [2.75, 3.05) is 29.9 Å². The van der Waals surface area contributed by atoms with E-state index in [1.54, 1.807) is 29.2 Å². The molecule has 0 spiro atoms. The molecule has 9 heteroatoms. The number of nitrogens with one attached hydrogen (secondary N) is 2. The molecule has 1 fully saturated rings. The standard InChI is InChI=1S/C20H21Cl2N3O3S/c21-12-3-6-18(29)15(8-12)20(28)24-11-14(26)10-23-13-4-5-17(16(22)9-13)25-7-1-2-19(25)27/h3-5,8-9,14,23,26H,1-2,6-7,10-11H2,(H,24,28). The van der Waals surface area contributed by atoms with Gasteiger partial charge in [-0.25, -0.2) is 0 Å². The monoisotopic (exact) mass is 453 g/mol. The van der Waals surface area contributed by atoms with Crippen molar-refractivity contribution in [3.63, 3.8) is 0 Å². The summed E-state index contributed by atoms with van der Waals surface area (Å²) in [4.78, 5) is 26.3. The summed E-state index contributed by atoms with van der Waals surface area (Å²) in [6.45, 7) is 0.939. The molecule has 2 amide bonds. The number of amides is 2. The smallest absolute Gasteiger partial charge is 0.252 e. The molecule has 3 rings (SSSR count). The average molecular weight is 454 g/mol.